The molecule has 3 aromatic rings. The Bertz CT molecular complexity index is 1260. The maximum atomic E-state index is 9.64. The molecule has 0 bridgehead atoms. The van der Waals surface area contributed by atoms with Gasteiger partial charge in [0.2, 0.25) is 0 Å². The van der Waals surface area contributed by atoms with E-state index in [-0.39, 0.29) is 10.5 Å². The molecule has 0 atom stereocenters. The van der Waals surface area contributed by atoms with E-state index < -0.39 is 8.32 Å². The first-order valence-electron chi connectivity index (χ1n) is 12.9. The van der Waals surface area contributed by atoms with Crippen LogP contribution in [-0.2, 0) is 9.84 Å². The first kappa shape index (κ1) is 26.2. The molecular formula is C30H39N3O2Si. The molecule has 0 N–H and O–H groups in total. The molecule has 4 rings (SSSR count). The van der Waals surface area contributed by atoms with Crippen LogP contribution in [0, 0.1) is 32.1 Å². The van der Waals surface area contributed by atoms with Crippen molar-refractivity contribution in [3.8, 4) is 17.2 Å². The third kappa shape index (κ3) is 5.00. The number of aryl methyl sites for hydroxylation is 3. The summed E-state index contributed by atoms with van der Waals surface area (Å²) < 4.78 is 12.0. The van der Waals surface area contributed by atoms with Crippen LogP contribution in [0.25, 0.3) is 11.1 Å². The SMILES string of the molecule is Cc1ccc(-c2c(C)noc2C)cc1N(CCO[Si](C)(C)C(C)(C)C)c1ccc(C2(C#N)CC2)cc1. The van der Waals surface area contributed by atoms with Gasteiger partial charge in [-0.15, -0.1) is 0 Å². The van der Waals surface area contributed by atoms with Crippen LogP contribution in [0.5, 0.6) is 0 Å². The molecule has 1 saturated carbocycles. The number of nitrogens with zero attached hydrogens (tertiary/aromatic N) is 3. The standard InChI is InChI=1S/C30H39N3O2Si/c1-21-9-10-24(28-22(2)32-35-23(28)3)19-27(21)33(17-18-34-36(7,8)29(4,5)6)26-13-11-25(12-14-26)30(20-31)15-16-30/h9-14,19H,15-18H2,1-8H3. The number of rotatable bonds is 8. The summed E-state index contributed by atoms with van der Waals surface area (Å²) in [6.45, 7) is 18.9. The lowest BCUT2D eigenvalue weighted by Gasteiger charge is -2.37. The lowest BCUT2D eigenvalue weighted by atomic mass is 9.97. The fourth-order valence-corrected chi connectivity index (χ4v) is 5.53. The van der Waals surface area contributed by atoms with Crippen LogP contribution in [-0.4, -0.2) is 26.6 Å². The highest BCUT2D eigenvalue weighted by molar-refractivity contribution is 6.74. The molecule has 1 aliphatic rings. The summed E-state index contributed by atoms with van der Waals surface area (Å²) in [5.74, 6) is 0.825. The van der Waals surface area contributed by atoms with Gasteiger partial charge in [0, 0.05) is 23.5 Å². The van der Waals surface area contributed by atoms with Gasteiger partial charge in [0.15, 0.2) is 8.32 Å². The summed E-state index contributed by atoms with van der Waals surface area (Å²) >= 11 is 0. The minimum atomic E-state index is -1.87. The minimum absolute atomic E-state index is 0.161. The van der Waals surface area contributed by atoms with Gasteiger partial charge in [-0.25, -0.2) is 0 Å². The van der Waals surface area contributed by atoms with Crippen molar-refractivity contribution in [1.82, 2.24) is 5.16 Å². The number of anilines is 2. The van der Waals surface area contributed by atoms with Gasteiger partial charge in [-0.1, -0.05) is 50.2 Å². The highest BCUT2D eigenvalue weighted by atomic mass is 28.4. The van der Waals surface area contributed by atoms with Crippen LogP contribution >= 0.6 is 0 Å². The van der Waals surface area contributed by atoms with E-state index in [9.17, 15) is 5.26 Å². The maximum Gasteiger partial charge on any atom is 0.192 e. The van der Waals surface area contributed by atoms with E-state index in [0.717, 1.165) is 58.9 Å². The summed E-state index contributed by atoms with van der Waals surface area (Å²) in [6, 6.07) is 17.6. The van der Waals surface area contributed by atoms with Crippen molar-refractivity contribution >= 4 is 19.7 Å². The molecule has 1 aliphatic carbocycles. The second-order valence-corrected chi connectivity index (χ2v) is 16.5. The molecule has 0 amide bonds. The third-order valence-electron chi connectivity index (χ3n) is 8.10. The predicted molar refractivity (Wildman–Crippen MR) is 149 cm³/mol. The average molecular weight is 502 g/mol. The first-order chi connectivity index (χ1) is 16.9. The summed E-state index contributed by atoms with van der Waals surface area (Å²) in [5.41, 5.74) is 7.31. The van der Waals surface area contributed by atoms with Crippen LogP contribution in [0.3, 0.4) is 0 Å². The molecule has 1 heterocycles. The van der Waals surface area contributed by atoms with Crippen molar-refractivity contribution < 1.29 is 8.95 Å². The normalized spacial score (nSPS) is 15.0. The topological polar surface area (TPSA) is 62.3 Å². The Morgan fingerprint density at radius 2 is 1.75 bits per heavy atom. The average Bonchev–Trinajstić information content (AvgIpc) is 3.56. The zero-order chi connectivity index (χ0) is 26.3. The Morgan fingerprint density at radius 1 is 1.08 bits per heavy atom. The summed E-state index contributed by atoms with van der Waals surface area (Å²) in [7, 11) is -1.87. The summed E-state index contributed by atoms with van der Waals surface area (Å²) in [5, 5.41) is 14.0. The van der Waals surface area contributed by atoms with Crippen molar-refractivity contribution in [2.24, 2.45) is 0 Å². The zero-order valence-electron chi connectivity index (χ0n) is 23.0. The van der Waals surface area contributed by atoms with Gasteiger partial charge in [0.1, 0.15) is 5.76 Å². The molecule has 0 aliphatic heterocycles. The molecular weight excluding hydrogens is 462 g/mol. The zero-order valence-corrected chi connectivity index (χ0v) is 24.0. The summed E-state index contributed by atoms with van der Waals surface area (Å²) in [6.07, 6.45) is 1.90. The second kappa shape index (κ2) is 9.53. The molecule has 1 fully saturated rings. The molecule has 6 heteroatoms. The van der Waals surface area contributed by atoms with Gasteiger partial charge in [0.25, 0.3) is 0 Å². The highest BCUT2D eigenvalue weighted by Crippen LogP contribution is 2.48. The Labute approximate surface area is 217 Å². The Balaban J connectivity index is 1.70. The predicted octanol–water partition coefficient (Wildman–Crippen LogP) is 7.98. The molecule has 0 radical (unpaired) electrons. The minimum Gasteiger partial charge on any atom is -0.415 e. The van der Waals surface area contributed by atoms with Gasteiger partial charge in [-0.2, -0.15) is 5.26 Å². The van der Waals surface area contributed by atoms with Crippen molar-refractivity contribution in [3.05, 3.63) is 65.0 Å². The van der Waals surface area contributed by atoms with Crippen molar-refractivity contribution in [3.63, 3.8) is 0 Å². The quantitative estimate of drug-likeness (QED) is 0.293. The molecule has 1 aromatic heterocycles. The van der Waals surface area contributed by atoms with E-state index in [1.807, 2.05) is 13.8 Å². The molecule has 0 spiro atoms. The fraction of sp³-hybridized carbons (Fsp3) is 0.467. The molecule has 2 aromatic carbocycles. The van der Waals surface area contributed by atoms with Crippen LogP contribution in [0.15, 0.2) is 47.0 Å². The summed E-state index contributed by atoms with van der Waals surface area (Å²) in [4.78, 5) is 2.35. The third-order valence-corrected chi connectivity index (χ3v) is 12.6. The van der Waals surface area contributed by atoms with E-state index in [1.165, 1.54) is 5.56 Å². The number of hydrogen-bond acceptors (Lipinski definition) is 5. The molecule has 5 nitrogen and oxygen atoms in total. The number of aromatic nitrogens is 1. The van der Waals surface area contributed by atoms with Crippen LogP contribution in [0.1, 0.15) is 56.2 Å². The van der Waals surface area contributed by atoms with Crippen LogP contribution in [0.2, 0.25) is 18.1 Å². The lowest BCUT2D eigenvalue weighted by Crippen LogP contribution is -2.42. The van der Waals surface area contributed by atoms with E-state index in [4.69, 9.17) is 8.95 Å². The van der Waals surface area contributed by atoms with Crippen molar-refractivity contribution in [2.75, 3.05) is 18.1 Å². The maximum absolute atomic E-state index is 9.64. The molecule has 36 heavy (non-hydrogen) atoms. The second-order valence-electron chi connectivity index (χ2n) is 11.7. The molecule has 0 unspecified atom stereocenters. The van der Waals surface area contributed by atoms with Crippen molar-refractivity contribution in [1.29, 1.82) is 5.26 Å². The van der Waals surface area contributed by atoms with E-state index in [2.05, 4.69) is 99.4 Å². The van der Waals surface area contributed by atoms with Gasteiger partial charge in [-0.05, 0) is 86.6 Å². The largest absolute Gasteiger partial charge is 0.415 e. The Kier molecular flexibility index (Phi) is 6.93. The van der Waals surface area contributed by atoms with E-state index in [1.54, 1.807) is 0 Å². The van der Waals surface area contributed by atoms with Gasteiger partial charge < -0.3 is 13.8 Å². The number of nitriles is 1. The fourth-order valence-electron chi connectivity index (χ4n) is 4.50. The first-order valence-corrected chi connectivity index (χ1v) is 15.8. The Morgan fingerprint density at radius 3 is 2.28 bits per heavy atom. The lowest BCUT2D eigenvalue weighted by molar-refractivity contribution is 0.297. The van der Waals surface area contributed by atoms with Gasteiger partial charge >= 0.3 is 0 Å². The monoisotopic (exact) mass is 501 g/mol. The molecule has 190 valence electrons. The smallest absolute Gasteiger partial charge is 0.192 e. The van der Waals surface area contributed by atoms with E-state index >= 15 is 0 Å². The van der Waals surface area contributed by atoms with Gasteiger partial charge in [-0.3, -0.25) is 0 Å². The number of benzene rings is 2. The van der Waals surface area contributed by atoms with Crippen molar-refractivity contribution in [2.45, 2.75) is 77.9 Å². The van der Waals surface area contributed by atoms with Crippen LogP contribution in [0.4, 0.5) is 11.4 Å². The Hall–Kier alpha value is -2.88. The van der Waals surface area contributed by atoms with Gasteiger partial charge in [0.05, 0.1) is 23.8 Å². The molecule has 0 saturated heterocycles. The highest BCUT2D eigenvalue weighted by Gasteiger charge is 2.44. The number of hydrogen-bond donors (Lipinski definition) is 0. The van der Waals surface area contributed by atoms with Crippen LogP contribution < -0.4 is 4.90 Å². The van der Waals surface area contributed by atoms with E-state index in [0.29, 0.717) is 6.61 Å².